The van der Waals surface area contributed by atoms with Crippen LogP contribution in [0.25, 0.3) is 0 Å². The van der Waals surface area contributed by atoms with E-state index in [0.29, 0.717) is 18.8 Å². The fourth-order valence-corrected chi connectivity index (χ4v) is 2.61. The highest BCUT2D eigenvalue weighted by atomic mass is 16.7. The Bertz CT molecular complexity index is 748. The third kappa shape index (κ3) is 2.33. The molecule has 0 saturated carbocycles. The van der Waals surface area contributed by atoms with Gasteiger partial charge in [-0.15, -0.1) is 0 Å². The second kappa shape index (κ2) is 5.42. The molecule has 0 amide bonds. The van der Waals surface area contributed by atoms with E-state index < -0.39 is 0 Å². The van der Waals surface area contributed by atoms with Gasteiger partial charge in [-0.3, -0.25) is 24.0 Å². The first-order valence-electron chi connectivity index (χ1n) is 7.18. The summed E-state index contributed by atoms with van der Waals surface area (Å²) in [5, 5.41) is 1.59. The smallest absolute Gasteiger partial charge is 0.255 e. The van der Waals surface area contributed by atoms with Crippen molar-refractivity contribution in [3.63, 3.8) is 0 Å². The normalized spacial score (nSPS) is 15.7. The number of fused-ring (bicyclic) bond motifs is 3. The van der Waals surface area contributed by atoms with Crippen molar-refractivity contribution >= 4 is 23.5 Å². The van der Waals surface area contributed by atoms with Crippen LogP contribution in [0, 0.1) is 6.92 Å². The van der Waals surface area contributed by atoms with Gasteiger partial charge in [0.25, 0.3) is 5.56 Å². The van der Waals surface area contributed by atoms with E-state index >= 15 is 0 Å². The molecule has 0 aromatic carbocycles. The molecule has 0 bridgehead atoms. The maximum absolute atomic E-state index is 12.3. The van der Waals surface area contributed by atoms with Gasteiger partial charge >= 0.3 is 0 Å². The number of hydrogen-bond donors (Lipinski definition) is 0. The van der Waals surface area contributed by atoms with Crippen molar-refractivity contribution in [1.82, 2.24) is 9.63 Å². The maximum Gasteiger partial charge on any atom is 0.255 e. The van der Waals surface area contributed by atoms with Gasteiger partial charge in [-0.2, -0.15) is 0 Å². The Kier molecular flexibility index (Phi) is 3.58. The van der Waals surface area contributed by atoms with Crippen LogP contribution in [0.5, 0.6) is 0 Å². The lowest BCUT2D eigenvalue weighted by atomic mass is 10.2. The molecule has 22 heavy (non-hydrogen) atoms. The minimum atomic E-state index is -0.0431. The average Bonchev–Trinajstić information content (AvgIpc) is 2.90. The zero-order valence-electron chi connectivity index (χ0n) is 12.9. The molecule has 0 aliphatic carbocycles. The van der Waals surface area contributed by atoms with Crippen LogP contribution in [0.3, 0.4) is 0 Å². The van der Waals surface area contributed by atoms with Gasteiger partial charge < -0.3 is 4.90 Å². The number of nitrogens with zero attached hydrogens (tertiary/aromatic N) is 4. The predicted octanol–water partition coefficient (Wildman–Crippen LogP) is 1.33. The number of rotatable bonds is 4. The van der Waals surface area contributed by atoms with E-state index in [0.717, 1.165) is 17.2 Å². The zero-order valence-corrected chi connectivity index (χ0v) is 12.9. The number of pyridine rings is 1. The van der Waals surface area contributed by atoms with Crippen molar-refractivity contribution < 1.29 is 9.63 Å². The fraction of sp³-hybridized carbons (Fsp3) is 0.400. The number of aromatic nitrogens is 1. The standard InChI is InChI=1S/C15H18N4O3/c1-4-18-14-13(5-10(2)15(18)21)16-6-12-7-17(9-19(12)14)22-8-11(3)20/h5-7H,4,8-9H2,1-3H3. The molecule has 0 spiro atoms. The van der Waals surface area contributed by atoms with E-state index in [1.165, 1.54) is 6.92 Å². The Balaban J connectivity index is 1.98. The topological polar surface area (TPSA) is 67.1 Å². The number of carbonyl (C=O) groups is 1. The minimum Gasteiger partial charge on any atom is -0.302 e. The summed E-state index contributed by atoms with van der Waals surface area (Å²) in [5.74, 6) is 0.721. The first-order chi connectivity index (χ1) is 10.5. The van der Waals surface area contributed by atoms with Crippen molar-refractivity contribution in [1.29, 1.82) is 0 Å². The number of hydroxylamine groups is 2. The Hall–Kier alpha value is -2.41. The van der Waals surface area contributed by atoms with Gasteiger partial charge in [-0.05, 0) is 26.8 Å². The van der Waals surface area contributed by atoms with Gasteiger partial charge in [0.15, 0.2) is 5.78 Å². The van der Waals surface area contributed by atoms with Crippen molar-refractivity contribution in [3.8, 4) is 0 Å². The molecule has 3 rings (SSSR count). The molecule has 0 unspecified atom stereocenters. The van der Waals surface area contributed by atoms with E-state index in [1.54, 1.807) is 35.0 Å². The zero-order chi connectivity index (χ0) is 15.9. The Morgan fingerprint density at radius 1 is 1.45 bits per heavy atom. The fourth-order valence-electron chi connectivity index (χ4n) is 2.61. The number of carbonyl (C=O) groups excluding carboxylic acids is 1. The summed E-state index contributed by atoms with van der Waals surface area (Å²) in [6.07, 6.45) is 3.52. The van der Waals surface area contributed by atoms with Crippen LogP contribution < -0.4 is 10.5 Å². The molecule has 3 heterocycles. The molecule has 7 heteroatoms. The van der Waals surface area contributed by atoms with Gasteiger partial charge in [0.1, 0.15) is 24.8 Å². The average molecular weight is 302 g/mol. The van der Waals surface area contributed by atoms with Gasteiger partial charge in [0.05, 0.1) is 18.1 Å². The number of hydrogen-bond acceptors (Lipinski definition) is 6. The summed E-state index contributed by atoms with van der Waals surface area (Å²) in [4.78, 5) is 35.2. The summed E-state index contributed by atoms with van der Waals surface area (Å²) >= 11 is 0. The minimum absolute atomic E-state index is 0.0131. The molecule has 0 fully saturated rings. The maximum atomic E-state index is 12.3. The summed E-state index contributed by atoms with van der Waals surface area (Å²) in [6, 6.07) is 1.80. The van der Waals surface area contributed by atoms with Crippen LogP contribution in [-0.4, -0.2) is 34.9 Å². The lowest BCUT2D eigenvalue weighted by molar-refractivity contribution is -0.144. The lowest BCUT2D eigenvalue weighted by Crippen LogP contribution is -2.35. The molecule has 7 nitrogen and oxygen atoms in total. The SMILES string of the molecule is CCn1c2c(cc(C)c1=O)N=CC1=CN(OCC(C)=O)CN12. The first kappa shape index (κ1) is 14.5. The van der Waals surface area contributed by atoms with Crippen LogP contribution in [0.1, 0.15) is 19.4 Å². The second-order valence-corrected chi connectivity index (χ2v) is 5.36. The van der Waals surface area contributed by atoms with Gasteiger partial charge in [-0.1, -0.05) is 0 Å². The van der Waals surface area contributed by atoms with Crippen molar-refractivity contribution in [2.45, 2.75) is 27.3 Å². The van der Waals surface area contributed by atoms with Crippen LogP contribution in [0.2, 0.25) is 0 Å². The van der Waals surface area contributed by atoms with Crippen LogP contribution >= 0.6 is 0 Å². The quantitative estimate of drug-likeness (QED) is 0.839. The molecular weight excluding hydrogens is 284 g/mol. The molecule has 1 aromatic heterocycles. The molecule has 0 N–H and O–H groups in total. The third-order valence-corrected chi connectivity index (χ3v) is 3.63. The summed E-state index contributed by atoms with van der Waals surface area (Å²) in [7, 11) is 0. The summed E-state index contributed by atoms with van der Waals surface area (Å²) in [6.45, 7) is 6.21. The van der Waals surface area contributed by atoms with E-state index in [4.69, 9.17) is 4.84 Å². The number of ketones is 1. The Morgan fingerprint density at radius 2 is 2.23 bits per heavy atom. The highest BCUT2D eigenvalue weighted by Crippen LogP contribution is 2.36. The predicted molar refractivity (Wildman–Crippen MR) is 83.2 cm³/mol. The molecule has 2 aliphatic heterocycles. The number of aliphatic imine (C=N–C) groups is 1. The molecule has 0 radical (unpaired) electrons. The van der Waals surface area contributed by atoms with Gasteiger partial charge in [0, 0.05) is 12.1 Å². The van der Waals surface area contributed by atoms with Gasteiger partial charge in [-0.25, -0.2) is 5.06 Å². The number of aryl methyl sites for hydroxylation is 1. The molecule has 1 aromatic rings. The van der Waals surface area contributed by atoms with Crippen LogP contribution in [-0.2, 0) is 16.2 Å². The second-order valence-electron chi connectivity index (χ2n) is 5.36. The highest BCUT2D eigenvalue weighted by molar-refractivity contribution is 5.93. The van der Waals surface area contributed by atoms with Gasteiger partial charge in [0.2, 0.25) is 0 Å². The molecule has 0 saturated heterocycles. The largest absolute Gasteiger partial charge is 0.302 e. The number of Topliss-reactive ketones (excluding diaryl/α,β-unsaturated/α-hetero) is 1. The van der Waals surface area contributed by atoms with Crippen LogP contribution in [0.15, 0.2) is 27.8 Å². The highest BCUT2D eigenvalue weighted by Gasteiger charge is 2.29. The van der Waals surface area contributed by atoms with E-state index in [2.05, 4.69) is 4.99 Å². The number of anilines is 1. The Morgan fingerprint density at radius 3 is 2.91 bits per heavy atom. The van der Waals surface area contributed by atoms with Crippen LogP contribution in [0.4, 0.5) is 11.5 Å². The summed E-state index contributed by atoms with van der Waals surface area (Å²) in [5.41, 5.74) is 2.26. The molecule has 0 atom stereocenters. The monoisotopic (exact) mass is 302 g/mol. The van der Waals surface area contributed by atoms with E-state index in [-0.39, 0.29) is 17.9 Å². The van der Waals surface area contributed by atoms with E-state index in [9.17, 15) is 9.59 Å². The summed E-state index contributed by atoms with van der Waals surface area (Å²) < 4.78 is 1.71. The molecule has 2 aliphatic rings. The van der Waals surface area contributed by atoms with Crippen molar-refractivity contribution in [2.24, 2.45) is 4.99 Å². The molecular formula is C15H18N4O3. The van der Waals surface area contributed by atoms with Crippen molar-refractivity contribution in [3.05, 3.63) is 33.9 Å². The van der Waals surface area contributed by atoms with Crippen molar-refractivity contribution in [2.75, 3.05) is 18.2 Å². The lowest BCUT2D eigenvalue weighted by Gasteiger charge is -2.28. The van der Waals surface area contributed by atoms with E-state index in [1.807, 2.05) is 11.8 Å². The third-order valence-electron chi connectivity index (χ3n) is 3.63. The Labute approximate surface area is 128 Å². The molecule has 116 valence electrons. The first-order valence-corrected chi connectivity index (χ1v) is 7.18. The number of allylic oxidation sites excluding steroid dienone is 1.